The van der Waals surface area contributed by atoms with E-state index in [4.69, 9.17) is 16.3 Å². The predicted octanol–water partition coefficient (Wildman–Crippen LogP) is 4.40. The number of benzene rings is 2. The molecule has 0 atom stereocenters. The molecule has 0 aliphatic rings. The van der Waals surface area contributed by atoms with Crippen molar-refractivity contribution in [1.82, 2.24) is 0 Å². The van der Waals surface area contributed by atoms with Gasteiger partial charge in [-0.2, -0.15) is 0 Å². The van der Waals surface area contributed by atoms with Gasteiger partial charge in [-0.15, -0.1) is 0 Å². The lowest BCUT2D eigenvalue weighted by atomic mass is 10.1. The number of hydrogen-bond acceptors (Lipinski definition) is 2. The molecule has 0 unspecified atom stereocenters. The molecule has 104 valence electrons. The third-order valence-electron chi connectivity index (χ3n) is 2.75. The summed E-state index contributed by atoms with van der Waals surface area (Å²) in [5.41, 5.74) is 0.681. The summed E-state index contributed by atoms with van der Waals surface area (Å²) < 4.78 is 32.2. The zero-order valence-corrected chi connectivity index (χ0v) is 11.4. The molecule has 0 saturated heterocycles. The number of Topliss-reactive ketones (excluding diaryl/α,β-unsaturated/α-hetero) is 1. The Morgan fingerprint density at radius 3 is 2.60 bits per heavy atom. The average Bonchev–Trinajstić information content (AvgIpc) is 2.41. The van der Waals surface area contributed by atoms with E-state index in [0.717, 1.165) is 6.07 Å². The molecule has 0 aromatic heterocycles. The van der Waals surface area contributed by atoms with E-state index in [-0.39, 0.29) is 28.7 Å². The number of carbonyl (C=O) groups is 1. The number of hydrogen-bond donors (Lipinski definition) is 0. The second-order valence-corrected chi connectivity index (χ2v) is 4.58. The smallest absolute Gasteiger partial charge is 0.165 e. The number of ether oxygens (including phenoxy) is 1. The number of halogens is 3. The van der Waals surface area contributed by atoms with Crippen molar-refractivity contribution in [2.75, 3.05) is 0 Å². The van der Waals surface area contributed by atoms with E-state index in [1.807, 2.05) is 0 Å². The minimum absolute atomic E-state index is 0.0182. The fourth-order valence-electron chi connectivity index (χ4n) is 1.65. The Kier molecular flexibility index (Phi) is 4.35. The molecule has 0 aliphatic heterocycles. The Labute approximate surface area is 119 Å². The molecule has 0 fully saturated rings. The van der Waals surface area contributed by atoms with Crippen LogP contribution in [0.1, 0.15) is 22.8 Å². The number of carbonyl (C=O) groups excluding carboxylic acids is 1. The summed E-state index contributed by atoms with van der Waals surface area (Å²) in [6.45, 7) is 1.29. The Bertz CT molecular complexity index is 656. The van der Waals surface area contributed by atoms with Gasteiger partial charge in [0, 0.05) is 11.1 Å². The summed E-state index contributed by atoms with van der Waals surface area (Å²) in [5, 5.41) is -0.0479. The highest BCUT2D eigenvalue weighted by Crippen LogP contribution is 2.23. The third kappa shape index (κ3) is 3.14. The SMILES string of the molecule is CC(=O)c1ccc(OCc2cccc(F)c2Cl)c(F)c1. The summed E-state index contributed by atoms with van der Waals surface area (Å²) in [7, 11) is 0. The number of ketones is 1. The zero-order valence-electron chi connectivity index (χ0n) is 10.6. The van der Waals surface area contributed by atoms with Crippen molar-refractivity contribution in [3.05, 3.63) is 64.2 Å². The third-order valence-corrected chi connectivity index (χ3v) is 3.18. The fourth-order valence-corrected chi connectivity index (χ4v) is 1.83. The molecule has 0 spiro atoms. The molecule has 0 radical (unpaired) electrons. The molecule has 0 saturated carbocycles. The van der Waals surface area contributed by atoms with Gasteiger partial charge in [0.2, 0.25) is 0 Å². The highest BCUT2D eigenvalue weighted by Gasteiger charge is 2.10. The Balaban J connectivity index is 2.15. The van der Waals surface area contributed by atoms with Crippen LogP contribution in [0.15, 0.2) is 36.4 Å². The fraction of sp³-hybridized carbons (Fsp3) is 0.133. The maximum atomic E-state index is 13.7. The molecule has 0 bridgehead atoms. The van der Waals surface area contributed by atoms with Gasteiger partial charge in [0.1, 0.15) is 12.4 Å². The average molecular weight is 297 g/mol. The standard InChI is InChI=1S/C15H11ClF2O2/c1-9(19)10-5-6-14(13(18)7-10)20-8-11-3-2-4-12(17)15(11)16/h2-7H,8H2,1H3. The first-order chi connectivity index (χ1) is 9.49. The van der Waals surface area contributed by atoms with Crippen molar-refractivity contribution >= 4 is 17.4 Å². The van der Waals surface area contributed by atoms with Crippen LogP contribution in [0, 0.1) is 11.6 Å². The first kappa shape index (κ1) is 14.5. The van der Waals surface area contributed by atoms with E-state index in [1.165, 1.54) is 31.2 Å². The van der Waals surface area contributed by atoms with Crippen molar-refractivity contribution in [3.63, 3.8) is 0 Å². The Hall–Kier alpha value is -1.94. The van der Waals surface area contributed by atoms with Gasteiger partial charge >= 0.3 is 0 Å². The normalized spacial score (nSPS) is 10.4. The maximum absolute atomic E-state index is 13.7. The molecule has 0 heterocycles. The van der Waals surface area contributed by atoms with Gasteiger partial charge in [-0.3, -0.25) is 4.79 Å². The highest BCUT2D eigenvalue weighted by molar-refractivity contribution is 6.31. The molecule has 2 rings (SSSR count). The lowest BCUT2D eigenvalue weighted by Gasteiger charge is -2.09. The zero-order chi connectivity index (χ0) is 14.7. The predicted molar refractivity (Wildman–Crippen MR) is 72.1 cm³/mol. The van der Waals surface area contributed by atoms with Gasteiger partial charge in [0.05, 0.1) is 5.02 Å². The summed E-state index contributed by atoms with van der Waals surface area (Å²) >= 11 is 5.77. The first-order valence-corrected chi connectivity index (χ1v) is 6.23. The molecule has 5 heteroatoms. The lowest BCUT2D eigenvalue weighted by molar-refractivity contribution is 0.101. The topological polar surface area (TPSA) is 26.3 Å². The second-order valence-electron chi connectivity index (χ2n) is 4.20. The molecule has 0 N–H and O–H groups in total. The van der Waals surface area contributed by atoms with Crippen LogP contribution in [0.25, 0.3) is 0 Å². The molecule has 20 heavy (non-hydrogen) atoms. The van der Waals surface area contributed by atoms with Crippen molar-refractivity contribution in [2.24, 2.45) is 0 Å². The second kappa shape index (κ2) is 6.01. The Morgan fingerprint density at radius 1 is 1.20 bits per heavy atom. The minimum Gasteiger partial charge on any atom is -0.486 e. The van der Waals surface area contributed by atoms with Crippen molar-refractivity contribution in [1.29, 1.82) is 0 Å². The van der Waals surface area contributed by atoms with Crippen LogP contribution in [-0.2, 0) is 6.61 Å². The molecule has 2 nitrogen and oxygen atoms in total. The van der Waals surface area contributed by atoms with E-state index >= 15 is 0 Å². The van der Waals surface area contributed by atoms with Gasteiger partial charge in [-0.1, -0.05) is 23.7 Å². The van der Waals surface area contributed by atoms with Crippen LogP contribution in [0.4, 0.5) is 8.78 Å². The van der Waals surface area contributed by atoms with Gasteiger partial charge in [0.15, 0.2) is 17.3 Å². The maximum Gasteiger partial charge on any atom is 0.165 e. The van der Waals surface area contributed by atoms with Crippen molar-refractivity contribution in [3.8, 4) is 5.75 Å². The van der Waals surface area contributed by atoms with E-state index in [0.29, 0.717) is 5.56 Å². The van der Waals surface area contributed by atoms with Crippen LogP contribution in [0.3, 0.4) is 0 Å². The quantitative estimate of drug-likeness (QED) is 0.782. The van der Waals surface area contributed by atoms with Crippen LogP contribution < -0.4 is 4.74 Å². The largest absolute Gasteiger partial charge is 0.486 e. The number of rotatable bonds is 4. The van der Waals surface area contributed by atoms with Crippen LogP contribution in [0.5, 0.6) is 5.75 Å². The molecular weight excluding hydrogens is 286 g/mol. The minimum atomic E-state index is -0.648. The van der Waals surface area contributed by atoms with Gasteiger partial charge in [-0.25, -0.2) is 8.78 Å². The molecular formula is C15H11ClF2O2. The summed E-state index contributed by atoms with van der Waals surface area (Å²) in [5.74, 6) is -1.45. The van der Waals surface area contributed by atoms with Gasteiger partial charge in [-0.05, 0) is 31.2 Å². The van der Waals surface area contributed by atoms with E-state index in [9.17, 15) is 13.6 Å². The highest BCUT2D eigenvalue weighted by atomic mass is 35.5. The first-order valence-electron chi connectivity index (χ1n) is 5.85. The van der Waals surface area contributed by atoms with E-state index < -0.39 is 11.6 Å². The Morgan fingerprint density at radius 2 is 1.95 bits per heavy atom. The summed E-state index contributed by atoms with van der Waals surface area (Å²) in [6, 6.07) is 8.24. The van der Waals surface area contributed by atoms with Crippen LogP contribution in [0.2, 0.25) is 5.02 Å². The van der Waals surface area contributed by atoms with Gasteiger partial charge < -0.3 is 4.74 Å². The van der Waals surface area contributed by atoms with E-state index in [1.54, 1.807) is 6.07 Å². The summed E-state index contributed by atoms with van der Waals surface area (Å²) in [6.07, 6.45) is 0. The van der Waals surface area contributed by atoms with Crippen LogP contribution in [-0.4, -0.2) is 5.78 Å². The summed E-state index contributed by atoms with van der Waals surface area (Å²) in [4.78, 5) is 11.1. The van der Waals surface area contributed by atoms with Gasteiger partial charge in [0.25, 0.3) is 0 Å². The lowest BCUT2D eigenvalue weighted by Crippen LogP contribution is -2.01. The van der Waals surface area contributed by atoms with Crippen molar-refractivity contribution < 1.29 is 18.3 Å². The van der Waals surface area contributed by atoms with Crippen molar-refractivity contribution in [2.45, 2.75) is 13.5 Å². The molecule has 2 aromatic carbocycles. The molecule has 2 aromatic rings. The monoisotopic (exact) mass is 296 g/mol. The van der Waals surface area contributed by atoms with E-state index in [2.05, 4.69) is 0 Å². The molecule has 0 aliphatic carbocycles. The van der Waals surface area contributed by atoms with Crippen LogP contribution >= 0.6 is 11.6 Å². The molecule has 0 amide bonds.